The fourth-order valence-corrected chi connectivity index (χ4v) is 4.35. The SMILES string of the molecule is CCc1cc(Br)ccc1NC(=O)COC(=O)CCCC(=O)Nc1ccc(Oc2cc(C)ccc2C(C)C)cc1. The molecule has 3 aromatic carbocycles. The Bertz CT molecular complexity index is 1300. The summed E-state index contributed by atoms with van der Waals surface area (Å²) in [6.07, 6.45) is 1.26. The summed E-state index contributed by atoms with van der Waals surface area (Å²) in [4.78, 5) is 36.5. The molecule has 206 valence electrons. The molecule has 0 unspecified atom stereocenters. The number of carbonyl (C=O) groups is 3. The zero-order valence-corrected chi connectivity index (χ0v) is 24.4. The fraction of sp³-hybridized carbons (Fsp3) is 0.323. The summed E-state index contributed by atoms with van der Waals surface area (Å²) in [7, 11) is 0. The van der Waals surface area contributed by atoms with Gasteiger partial charge in [0.05, 0.1) is 0 Å². The number of hydrogen-bond acceptors (Lipinski definition) is 5. The molecular formula is C31H35BrN2O5. The van der Waals surface area contributed by atoms with Crippen LogP contribution in [0.25, 0.3) is 0 Å². The molecule has 0 saturated carbocycles. The van der Waals surface area contributed by atoms with Gasteiger partial charge < -0.3 is 20.1 Å². The van der Waals surface area contributed by atoms with Gasteiger partial charge in [-0.15, -0.1) is 0 Å². The van der Waals surface area contributed by atoms with Crippen LogP contribution in [0.15, 0.2) is 65.1 Å². The molecule has 0 bridgehead atoms. The third kappa shape index (κ3) is 9.55. The molecule has 0 fully saturated rings. The number of benzene rings is 3. The Morgan fingerprint density at radius 3 is 2.33 bits per heavy atom. The number of amides is 2. The van der Waals surface area contributed by atoms with Crippen molar-refractivity contribution < 1.29 is 23.9 Å². The van der Waals surface area contributed by atoms with Gasteiger partial charge in [0.15, 0.2) is 6.61 Å². The number of aryl methyl sites for hydroxylation is 2. The Balaban J connectivity index is 1.38. The van der Waals surface area contributed by atoms with E-state index < -0.39 is 11.9 Å². The van der Waals surface area contributed by atoms with Crippen molar-refractivity contribution in [2.75, 3.05) is 17.2 Å². The topological polar surface area (TPSA) is 93.7 Å². The first-order chi connectivity index (χ1) is 18.6. The summed E-state index contributed by atoms with van der Waals surface area (Å²) in [5, 5.41) is 5.59. The van der Waals surface area contributed by atoms with Crippen molar-refractivity contribution >= 4 is 45.1 Å². The van der Waals surface area contributed by atoms with E-state index in [9.17, 15) is 14.4 Å². The van der Waals surface area contributed by atoms with E-state index in [1.165, 1.54) is 0 Å². The number of esters is 1. The van der Waals surface area contributed by atoms with Crippen LogP contribution in [0.2, 0.25) is 0 Å². The second-order valence-corrected chi connectivity index (χ2v) is 10.5. The van der Waals surface area contributed by atoms with Crippen LogP contribution in [-0.2, 0) is 25.5 Å². The molecule has 8 heteroatoms. The number of carbonyl (C=O) groups excluding carboxylic acids is 3. The highest BCUT2D eigenvalue weighted by Gasteiger charge is 2.12. The lowest BCUT2D eigenvalue weighted by Crippen LogP contribution is -2.21. The van der Waals surface area contributed by atoms with Gasteiger partial charge in [-0.1, -0.05) is 48.8 Å². The maximum Gasteiger partial charge on any atom is 0.306 e. The average Bonchev–Trinajstić information content (AvgIpc) is 2.89. The highest BCUT2D eigenvalue weighted by Crippen LogP contribution is 2.32. The number of ether oxygens (including phenoxy) is 2. The van der Waals surface area contributed by atoms with Crippen LogP contribution in [0.3, 0.4) is 0 Å². The molecule has 0 aromatic heterocycles. The summed E-state index contributed by atoms with van der Waals surface area (Å²) in [5.41, 5.74) is 4.56. The predicted molar refractivity (Wildman–Crippen MR) is 157 cm³/mol. The van der Waals surface area contributed by atoms with Crippen LogP contribution in [0.4, 0.5) is 11.4 Å². The molecule has 0 aliphatic rings. The maximum absolute atomic E-state index is 12.3. The van der Waals surface area contributed by atoms with Crippen molar-refractivity contribution in [3.05, 3.63) is 81.8 Å². The van der Waals surface area contributed by atoms with E-state index in [4.69, 9.17) is 9.47 Å². The quantitative estimate of drug-likeness (QED) is 0.211. The lowest BCUT2D eigenvalue weighted by Gasteiger charge is -2.15. The van der Waals surface area contributed by atoms with E-state index in [1.807, 2.05) is 44.2 Å². The normalized spacial score (nSPS) is 10.7. The van der Waals surface area contributed by atoms with Gasteiger partial charge in [-0.2, -0.15) is 0 Å². The Morgan fingerprint density at radius 2 is 1.64 bits per heavy atom. The average molecular weight is 596 g/mol. The van der Waals surface area contributed by atoms with Crippen molar-refractivity contribution in [1.82, 2.24) is 0 Å². The summed E-state index contributed by atoms with van der Waals surface area (Å²) < 4.78 is 12.1. The molecule has 0 saturated heterocycles. The van der Waals surface area contributed by atoms with Gasteiger partial charge in [0.2, 0.25) is 5.91 Å². The zero-order chi connectivity index (χ0) is 28.4. The van der Waals surface area contributed by atoms with Crippen LogP contribution in [0.1, 0.15) is 62.6 Å². The molecule has 2 N–H and O–H groups in total. The first-order valence-corrected chi connectivity index (χ1v) is 13.9. The molecule has 2 amide bonds. The molecule has 0 radical (unpaired) electrons. The minimum absolute atomic E-state index is 0.0423. The van der Waals surface area contributed by atoms with Crippen molar-refractivity contribution in [3.63, 3.8) is 0 Å². The van der Waals surface area contributed by atoms with Crippen LogP contribution in [0, 0.1) is 6.92 Å². The first-order valence-electron chi connectivity index (χ1n) is 13.1. The Morgan fingerprint density at radius 1 is 0.897 bits per heavy atom. The number of hydrogen-bond donors (Lipinski definition) is 2. The molecule has 0 aliphatic carbocycles. The van der Waals surface area contributed by atoms with Gasteiger partial charge in [0, 0.05) is 28.7 Å². The summed E-state index contributed by atoms with van der Waals surface area (Å²) in [6, 6.07) is 18.9. The van der Waals surface area contributed by atoms with Crippen molar-refractivity contribution in [1.29, 1.82) is 0 Å². The summed E-state index contributed by atoms with van der Waals surface area (Å²) in [6.45, 7) is 7.89. The maximum atomic E-state index is 12.3. The third-order valence-electron chi connectivity index (χ3n) is 6.03. The van der Waals surface area contributed by atoms with Crippen LogP contribution in [-0.4, -0.2) is 24.4 Å². The molecule has 3 rings (SSSR count). The van der Waals surface area contributed by atoms with E-state index in [2.05, 4.69) is 52.5 Å². The van der Waals surface area contributed by atoms with Gasteiger partial charge in [-0.25, -0.2) is 0 Å². The van der Waals surface area contributed by atoms with E-state index in [-0.39, 0.29) is 25.4 Å². The Labute approximate surface area is 238 Å². The number of nitrogens with one attached hydrogen (secondary N) is 2. The monoisotopic (exact) mass is 594 g/mol. The van der Waals surface area contributed by atoms with E-state index in [1.54, 1.807) is 18.2 Å². The highest BCUT2D eigenvalue weighted by molar-refractivity contribution is 9.10. The van der Waals surface area contributed by atoms with Gasteiger partial charge >= 0.3 is 5.97 Å². The van der Waals surface area contributed by atoms with Gasteiger partial charge in [-0.05, 0) is 90.9 Å². The fourth-order valence-electron chi connectivity index (χ4n) is 3.94. The van der Waals surface area contributed by atoms with E-state index >= 15 is 0 Å². The van der Waals surface area contributed by atoms with E-state index in [0.29, 0.717) is 29.5 Å². The molecule has 0 spiro atoms. The Hall–Kier alpha value is -3.65. The van der Waals surface area contributed by atoms with Crippen LogP contribution >= 0.6 is 15.9 Å². The largest absolute Gasteiger partial charge is 0.457 e. The lowest BCUT2D eigenvalue weighted by atomic mass is 10.0. The zero-order valence-electron chi connectivity index (χ0n) is 22.8. The first kappa shape index (κ1) is 29.9. The summed E-state index contributed by atoms with van der Waals surface area (Å²) in [5.74, 6) is 0.692. The highest BCUT2D eigenvalue weighted by atomic mass is 79.9. The molecule has 3 aromatic rings. The molecule has 0 aliphatic heterocycles. The number of anilines is 2. The van der Waals surface area contributed by atoms with Gasteiger partial charge in [-0.3, -0.25) is 14.4 Å². The van der Waals surface area contributed by atoms with Crippen LogP contribution < -0.4 is 15.4 Å². The molecular weight excluding hydrogens is 560 g/mol. The minimum atomic E-state index is -0.525. The molecule has 0 heterocycles. The van der Waals surface area contributed by atoms with E-state index in [0.717, 1.165) is 33.3 Å². The van der Waals surface area contributed by atoms with Crippen molar-refractivity contribution in [2.24, 2.45) is 0 Å². The molecule has 39 heavy (non-hydrogen) atoms. The third-order valence-corrected chi connectivity index (χ3v) is 6.52. The van der Waals surface area contributed by atoms with Gasteiger partial charge in [0.25, 0.3) is 5.91 Å². The molecule has 7 nitrogen and oxygen atoms in total. The second-order valence-electron chi connectivity index (χ2n) is 9.59. The molecule has 0 atom stereocenters. The predicted octanol–water partition coefficient (Wildman–Crippen LogP) is 7.53. The minimum Gasteiger partial charge on any atom is -0.457 e. The smallest absolute Gasteiger partial charge is 0.306 e. The van der Waals surface area contributed by atoms with Gasteiger partial charge in [0.1, 0.15) is 11.5 Å². The van der Waals surface area contributed by atoms with Crippen LogP contribution in [0.5, 0.6) is 11.5 Å². The lowest BCUT2D eigenvalue weighted by molar-refractivity contribution is -0.147. The van der Waals surface area contributed by atoms with Crippen molar-refractivity contribution in [2.45, 2.75) is 59.3 Å². The van der Waals surface area contributed by atoms with Crippen molar-refractivity contribution in [3.8, 4) is 11.5 Å². The number of halogens is 1. The number of rotatable bonds is 12. The standard InChI is InChI=1S/C31H35BrN2O5/c1-5-22-18-23(32)10-16-27(22)34-30(36)19-38-31(37)8-6-7-29(35)33-24-11-13-25(14-12-24)39-28-17-21(4)9-15-26(28)20(2)3/h9-18,20H,5-8,19H2,1-4H3,(H,33,35)(H,34,36). The second kappa shape index (κ2) is 14.5. The Kier molecular flexibility index (Phi) is 11.1. The summed E-state index contributed by atoms with van der Waals surface area (Å²) >= 11 is 3.41.